The van der Waals surface area contributed by atoms with Crippen molar-refractivity contribution >= 4 is 17.9 Å². The van der Waals surface area contributed by atoms with Crippen LogP contribution in [0, 0.1) is 0 Å². The van der Waals surface area contributed by atoms with Gasteiger partial charge in [-0.2, -0.15) is 0 Å². The monoisotopic (exact) mass is 867 g/mol. The summed E-state index contributed by atoms with van der Waals surface area (Å²) >= 11 is 0. The number of hydrogen-bond donors (Lipinski definition) is 0. The maximum absolute atomic E-state index is 12.8. The molecule has 0 spiro atoms. The van der Waals surface area contributed by atoms with Gasteiger partial charge in [-0.05, 0) is 64.2 Å². The smallest absolute Gasteiger partial charge is 0.306 e. The van der Waals surface area contributed by atoms with Crippen molar-refractivity contribution in [3.8, 4) is 0 Å². The fraction of sp³-hybridized carbons (Fsp3) is 0.768. The lowest BCUT2D eigenvalue weighted by Gasteiger charge is -2.18. The number of carbonyl (C=O) groups excluding carboxylic acids is 3. The molecule has 1 unspecified atom stereocenters. The molecule has 0 N–H and O–H groups in total. The standard InChI is InChI=1S/C56H98O6/c1-4-7-10-13-16-18-20-22-24-26-27-28-29-31-32-34-36-38-40-43-46-49-55(58)61-52-53(51-60-54(57)48-45-42-15-12-9-6-3)62-56(59)50-47-44-41-39-37-35-33-30-25-23-21-19-17-14-11-8-5-2/h7,10,16,18,22,24,27-28,31-32,53H,4-6,8-9,11-15,17,19-21,23,25-26,29-30,33-52H2,1-3H3/b10-7-,18-16-,24-22-,28-27-,32-31-. The maximum atomic E-state index is 12.8. The Labute approximate surface area is 383 Å². The van der Waals surface area contributed by atoms with Crippen LogP contribution in [0.15, 0.2) is 60.8 Å². The largest absolute Gasteiger partial charge is 0.462 e. The molecular weight excluding hydrogens is 769 g/mol. The van der Waals surface area contributed by atoms with Crippen LogP contribution in [0.5, 0.6) is 0 Å². The van der Waals surface area contributed by atoms with Gasteiger partial charge in [0, 0.05) is 19.3 Å². The van der Waals surface area contributed by atoms with Crippen molar-refractivity contribution in [2.24, 2.45) is 0 Å². The van der Waals surface area contributed by atoms with E-state index in [0.717, 1.165) is 109 Å². The molecule has 0 aromatic heterocycles. The lowest BCUT2D eigenvalue weighted by atomic mass is 10.0. The number of esters is 3. The van der Waals surface area contributed by atoms with E-state index in [4.69, 9.17) is 14.2 Å². The summed E-state index contributed by atoms with van der Waals surface area (Å²) in [6.45, 7) is 6.46. The molecule has 0 fully saturated rings. The van der Waals surface area contributed by atoms with Crippen LogP contribution in [-0.4, -0.2) is 37.2 Å². The number of carbonyl (C=O) groups is 3. The summed E-state index contributed by atoms with van der Waals surface area (Å²) in [5.74, 6) is -0.901. The normalized spacial score (nSPS) is 12.5. The van der Waals surface area contributed by atoms with Crippen molar-refractivity contribution < 1.29 is 28.6 Å². The first-order valence-electron chi connectivity index (χ1n) is 26.3. The molecule has 0 amide bonds. The first kappa shape index (κ1) is 59.1. The second-order valence-corrected chi connectivity index (χ2v) is 17.4. The summed E-state index contributed by atoms with van der Waals surface area (Å²) in [6, 6.07) is 0. The zero-order chi connectivity index (χ0) is 45.1. The summed E-state index contributed by atoms with van der Waals surface area (Å²) in [5, 5.41) is 0. The van der Waals surface area contributed by atoms with Crippen LogP contribution in [0.25, 0.3) is 0 Å². The number of unbranched alkanes of at least 4 members (excludes halogenated alkanes) is 26. The van der Waals surface area contributed by atoms with Crippen molar-refractivity contribution in [2.45, 2.75) is 264 Å². The van der Waals surface area contributed by atoms with Crippen LogP contribution in [-0.2, 0) is 28.6 Å². The van der Waals surface area contributed by atoms with E-state index in [-0.39, 0.29) is 31.1 Å². The van der Waals surface area contributed by atoms with Gasteiger partial charge < -0.3 is 14.2 Å². The van der Waals surface area contributed by atoms with Gasteiger partial charge in [0.15, 0.2) is 6.10 Å². The molecule has 0 rings (SSSR count). The van der Waals surface area contributed by atoms with Crippen LogP contribution < -0.4 is 0 Å². The zero-order valence-electron chi connectivity index (χ0n) is 40.9. The first-order chi connectivity index (χ1) is 30.5. The second-order valence-electron chi connectivity index (χ2n) is 17.4. The van der Waals surface area contributed by atoms with Crippen molar-refractivity contribution in [3.63, 3.8) is 0 Å². The van der Waals surface area contributed by atoms with Gasteiger partial charge in [-0.3, -0.25) is 14.4 Å². The molecule has 0 aromatic carbocycles. The maximum Gasteiger partial charge on any atom is 0.306 e. The Kier molecular flexibility index (Phi) is 48.4. The van der Waals surface area contributed by atoms with E-state index < -0.39 is 6.10 Å². The average Bonchev–Trinajstić information content (AvgIpc) is 3.27. The van der Waals surface area contributed by atoms with Gasteiger partial charge in [0.05, 0.1) is 0 Å². The van der Waals surface area contributed by atoms with Crippen LogP contribution in [0.3, 0.4) is 0 Å². The summed E-state index contributed by atoms with van der Waals surface area (Å²) in [4.78, 5) is 37.8. The van der Waals surface area contributed by atoms with Gasteiger partial charge in [-0.15, -0.1) is 0 Å². The Hall–Kier alpha value is -2.89. The minimum absolute atomic E-state index is 0.0787. The molecule has 0 saturated heterocycles. The zero-order valence-corrected chi connectivity index (χ0v) is 40.9. The van der Waals surface area contributed by atoms with Gasteiger partial charge in [0.25, 0.3) is 0 Å². The van der Waals surface area contributed by atoms with E-state index in [0.29, 0.717) is 19.3 Å². The van der Waals surface area contributed by atoms with E-state index in [2.05, 4.69) is 81.5 Å². The number of allylic oxidation sites excluding steroid dienone is 10. The average molecular weight is 867 g/mol. The van der Waals surface area contributed by atoms with Crippen molar-refractivity contribution in [2.75, 3.05) is 13.2 Å². The lowest BCUT2D eigenvalue weighted by Crippen LogP contribution is -2.30. The predicted molar refractivity (Wildman–Crippen MR) is 265 cm³/mol. The van der Waals surface area contributed by atoms with Crippen molar-refractivity contribution in [3.05, 3.63) is 60.8 Å². The third-order valence-electron chi connectivity index (χ3n) is 11.3. The van der Waals surface area contributed by atoms with E-state index in [9.17, 15) is 14.4 Å². The molecule has 358 valence electrons. The third kappa shape index (κ3) is 48.1. The Morgan fingerprint density at radius 3 is 0.984 bits per heavy atom. The lowest BCUT2D eigenvalue weighted by molar-refractivity contribution is -0.167. The number of hydrogen-bond acceptors (Lipinski definition) is 6. The van der Waals surface area contributed by atoms with Gasteiger partial charge in [0.2, 0.25) is 0 Å². The summed E-state index contributed by atoms with van der Waals surface area (Å²) < 4.78 is 16.7. The van der Waals surface area contributed by atoms with Gasteiger partial charge in [0.1, 0.15) is 13.2 Å². The molecule has 0 aromatic rings. The Morgan fingerprint density at radius 1 is 0.339 bits per heavy atom. The SMILES string of the molecule is CC/C=C\C/C=C\C/C=C\C/C=C\C/C=C\CCCCCCCC(=O)OCC(COC(=O)CCCCCCCC)OC(=O)CCCCCCCCCCCCCCCCCCC. The molecule has 1 atom stereocenters. The molecule has 0 radical (unpaired) electrons. The summed E-state index contributed by atoms with van der Waals surface area (Å²) in [5.41, 5.74) is 0. The third-order valence-corrected chi connectivity index (χ3v) is 11.3. The molecule has 62 heavy (non-hydrogen) atoms. The fourth-order valence-corrected chi connectivity index (χ4v) is 7.35. The highest BCUT2D eigenvalue weighted by Crippen LogP contribution is 2.16. The molecule has 0 saturated carbocycles. The van der Waals surface area contributed by atoms with Gasteiger partial charge in [-0.25, -0.2) is 0 Å². The predicted octanol–water partition coefficient (Wildman–Crippen LogP) is 17.3. The molecule has 6 nitrogen and oxygen atoms in total. The summed E-state index contributed by atoms with van der Waals surface area (Å²) in [6.07, 6.45) is 62.3. The molecule has 6 heteroatoms. The quantitative estimate of drug-likeness (QED) is 0.0262. The minimum Gasteiger partial charge on any atom is -0.462 e. The van der Waals surface area contributed by atoms with Crippen LogP contribution in [0.1, 0.15) is 258 Å². The fourth-order valence-electron chi connectivity index (χ4n) is 7.35. The molecule has 0 aliphatic heterocycles. The van der Waals surface area contributed by atoms with Crippen LogP contribution in [0.4, 0.5) is 0 Å². The van der Waals surface area contributed by atoms with Crippen molar-refractivity contribution in [1.82, 2.24) is 0 Å². The number of rotatable bonds is 47. The Bertz CT molecular complexity index is 1130. The molecule has 0 aliphatic carbocycles. The molecular formula is C56H98O6. The Morgan fingerprint density at radius 2 is 0.629 bits per heavy atom. The summed E-state index contributed by atoms with van der Waals surface area (Å²) in [7, 11) is 0. The van der Waals surface area contributed by atoms with E-state index in [1.54, 1.807) is 0 Å². The highest BCUT2D eigenvalue weighted by Gasteiger charge is 2.19. The Balaban J connectivity index is 4.22. The van der Waals surface area contributed by atoms with E-state index >= 15 is 0 Å². The van der Waals surface area contributed by atoms with Gasteiger partial charge in [-0.1, -0.05) is 236 Å². The van der Waals surface area contributed by atoms with Gasteiger partial charge >= 0.3 is 17.9 Å². The van der Waals surface area contributed by atoms with E-state index in [1.165, 1.54) is 109 Å². The second kappa shape index (κ2) is 50.8. The van der Waals surface area contributed by atoms with Crippen LogP contribution in [0.2, 0.25) is 0 Å². The van der Waals surface area contributed by atoms with Crippen LogP contribution >= 0.6 is 0 Å². The number of ether oxygens (including phenoxy) is 3. The van der Waals surface area contributed by atoms with Crippen molar-refractivity contribution in [1.29, 1.82) is 0 Å². The topological polar surface area (TPSA) is 78.9 Å². The highest BCUT2D eigenvalue weighted by molar-refractivity contribution is 5.71. The molecule has 0 aliphatic rings. The molecule has 0 bridgehead atoms. The minimum atomic E-state index is -0.776. The highest BCUT2D eigenvalue weighted by atomic mass is 16.6. The van der Waals surface area contributed by atoms with E-state index in [1.807, 2.05) is 0 Å². The molecule has 0 heterocycles. The first-order valence-corrected chi connectivity index (χ1v) is 26.3.